The summed E-state index contributed by atoms with van der Waals surface area (Å²) >= 11 is 1.77. The SMILES string of the molecule is CNC(C)c1sc(C)nc1-c1ccc(C)cc1. The minimum absolute atomic E-state index is 0.345. The van der Waals surface area contributed by atoms with Crippen LogP contribution in [0.4, 0.5) is 0 Å². The van der Waals surface area contributed by atoms with Crippen molar-refractivity contribution in [3.05, 3.63) is 39.7 Å². The maximum absolute atomic E-state index is 4.66. The van der Waals surface area contributed by atoms with Crippen LogP contribution in [0.25, 0.3) is 11.3 Å². The van der Waals surface area contributed by atoms with Gasteiger partial charge in [-0.25, -0.2) is 4.98 Å². The summed E-state index contributed by atoms with van der Waals surface area (Å²) in [5, 5.41) is 4.41. The summed E-state index contributed by atoms with van der Waals surface area (Å²) in [5.41, 5.74) is 3.61. The van der Waals surface area contributed by atoms with Crippen LogP contribution in [0.15, 0.2) is 24.3 Å². The number of benzene rings is 1. The topological polar surface area (TPSA) is 24.9 Å². The lowest BCUT2D eigenvalue weighted by Gasteiger charge is -2.10. The highest BCUT2D eigenvalue weighted by molar-refractivity contribution is 7.12. The first-order valence-corrected chi connectivity index (χ1v) is 6.65. The highest BCUT2D eigenvalue weighted by Crippen LogP contribution is 2.32. The van der Waals surface area contributed by atoms with Gasteiger partial charge in [-0.2, -0.15) is 0 Å². The number of nitrogens with zero attached hydrogens (tertiary/aromatic N) is 1. The van der Waals surface area contributed by atoms with Crippen molar-refractivity contribution in [1.29, 1.82) is 0 Å². The van der Waals surface area contributed by atoms with Crippen LogP contribution in [0.3, 0.4) is 0 Å². The van der Waals surface area contributed by atoms with E-state index in [2.05, 4.69) is 55.3 Å². The molecule has 1 aromatic heterocycles. The zero-order valence-electron chi connectivity index (χ0n) is 10.7. The monoisotopic (exact) mass is 246 g/mol. The summed E-state index contributed by atoms with van der Waals surface area (Å²) in [6, 6.07) is 8.92. The molecule has 2 aromatic rings. The Morgan fingerprint density at radius 2 is 1.82 bits per heavy atom. The highest BCUT2D eigenvalue weighted by Gasteiger charge is 2.15. The van der Waals surface area contributed by atoms with E-state index in [4.69, 9.17) is 0 Å². The molecule has 90 valence electrons. The van der Waals surface area contributed by atoms with Crippen molar-refractivity contribution in [1.82, 2.24) is 10.3 Å². The average molecular weight is 246 g/mol. The van der Waals surface area contributed by atoms with Gasteiger partial charge in [0.25, 0.3) is 0 Å². The molecule has 17 heavy (non-hydrogen) atoms. The van der Waals surface area contributed by atoms with Gasteiger partial charge < -0.3 is 5.32 Å². The average Bonchev–Trinajstić information content (AvgIpc) is 2.71. The summed E-state index contributed by atoms with van der Waals surface area (Å²) in [6.45, 7) is 6.34. The fourth-order valence-electron chi connectivity index (χ4n) is 1.79. The van der Waals surface area contributed by atoms with Crippen molar-refractivity contribution in [2.75, 3.05) is 7.05 Å². The first kappa shape index (κ1) is 12.3. The predicted octanol–water partition coefficient (Wildman–Crippen LogP) is 3.71. The van der Waals surface area contributed by atoms with Gasteiger partial charge in [0, 0.05) is 16.5 Å². The molecule has 1 atom stereocenters. The van der Waals surface area contributed by atoms with Crippen molar-refractivity contribution in [2.45, 2.75) is 26.8 Å². The molecule has 0 fully saturated rings. The molecule has 0 aliphatic heterocycles. The molecule has 0 radical (unpaired) electrons. The Bertz CT molecular complexity index is 499. The number of thiazole rings is 1. The Morgan fingerprint density at radius 1 is 1.18 bits per heavy atom. The summed E-state index contributed by atoms with van der Waals surface area (Å²) in [7, 11) is 1.98. The van der Waals surface area contributed by atoms with Crippen molar-refractivity contribution in [3.8, 4) is 11.3 Å². The Labute approximate surface area is 107 Å². The Hall–Kier alpha value is -1.19. The van der Waals surface area contributed by atoms with Gasteiger partial charge in [0.05, 0.1) is 10.7 Å². The largest absolute Gasteiger partial charge is 0.312 e. The van der Waals surface area contributed by atoms with E-state index in [9.17, 15) is 0 Å². The molecule has 0 saturated heterocycles. The molecule has 1 heterocycles. The number of hydrogen-bond acceptors (Lipinski definition) is 3. The van der Waals surface area contributed by atoms with Gasteiger partial charge in [-0.15, -0.1) is 11.3 Å². The molecule has 0 aliphatic carbocycles. The number of rotatable bonds is 3. The molecule has 2 nitrogen and oxygen atoms in total. The van der Waals surface area contributed by atoms with Gasteiger partial charge in [-0.3, -0.25) is 0 Å². The highest BCUT2D eigenvalue weighted by atomic mass is 32.1. The summed E-state index contributed by atoms with van der Waals surface area (Å²) < 4.78 is 0. The zero-order chi connectivity index (χ0) is 12.4. The number of hydrogen-bond donors (Lipinski definition) is 1. The standard InChI is InChI=1S/C14H18N2S/c1-9-5-7-12(8-6-9)13-14(10(2)15-4)17-11(3)16-13/h5-8,10,15H,1-4H3. The van der Waals surface area contributed by atoms with Gasteiger partial charge in [-0.05, 0) is 27.8 Å². The van der Waals surface area contributed by atoms with E-state index in [1.807, 2.05) is 7.05 Å². The van der Waals surface area contributed by atoms with E-state index in [0.717, 1.165) is 10.7 Å². The normalized spacial score (nSPS) is 12.7. The van der Waals surface area contributed by atoms with E-state index < -0.39 is 0 Å². The van der Waals surface area contributed by atoms with Crippen molar-refractivity contribution < 1.29 is 0 Å². The number of aromatic nitrogens is 1. The lowest BCUT2D eigenvalue weighted by molar-refractivity contribution is 0.664. The maximum atomic E-state index is 4.66. The van der Waals surface area contributed by atoms with Crippen LogP contribution in [-0.2, 0) is 0 Å². The third-order valence-corrected chi connectivity index (χ3v) is 4.07. The molecule has 1 unspecified atom stereocenters. The minimum atomic E-state index is 0.345. The summed E-state index contributed by atoms with van der Waals surface area (Å²) in [4.78, 5) is 5.97. The quantitative estimate of drug-likeness (QED) is 0.893. The second-order valence-corrected chi connectivity index (χ2v) is 5.56. The van der Waals surface area contributed by atoms with Crippen LogP contribution in [0, 0.1) is 13.8 Å². The van der Waals surface area contributed by atoms with Crippen molar-refractivity contribution in [3.63, 3.8) is 0 Å². The smallest absolute Gasteiger partial charge is 0.0905 e. The zero-order valence-corrected chi connectivity index (χ0v) is 11.6. The van der Waals surface area contributed by atoms with E-state index in [0.29, 0.717) is 6.04 Å². The Balaban J connectivity index is 2.47. The van der Waals surface area contributed by atoms with Gasteiger partial charge in [0.2, 0.25) is 0 Å². The molecule has 2 rings (SSSR count). The van der Waals surface area contributed by atoms with Crippen LogP contribution in [0.2, 0.25) is 0 Å². The first-order valence-electron chi connectivity index (χ1n) is 5.83. The van der Waals surface area contributed by atoms with Gasteiger partial charge in [0.1, 0.15) is 0 Å². The van der Waals surface area contributed by atoms with Gasteiger partial charge >= 0.3 is 0 Å². The summed E-state index contributed by atoms with van der Waals surface area (Å²) in [5.74, 6) is 0. The van der Waals surface area contributed by atoms with Gasteiger partial charge in [-0.1, -0.05) is 29.8 Å². The molecule has 0 aliphatic rings. The molecule has 3 heteroatoms. The third kappa shape index (κ3) is 2.56. The molecule has 1 aromatic carbocycles. The fraction of sp³-hybridized carbons (Fsp3) is 0.357. The lowest BCUT2D eigenvalue weighted by Crippen LogP contribution is -2.11. The lowest BCUT2D eigenvalue weighted by atomic mass is 10.1. The van der Waals surface area contributed by atoms with Crippen LogP contribution < -0.4 is 5.32 Å². The van der Waals surface area contributed by atoms with Crippen LogP contribution >= 0.6 is 11.3 Å². The third-order valence-electron chi connectivity index (χ3n) is 2.91. The molecule has 0 spiro atoms. The minimum Gasteiger partial charge on any atom is -0.312 e. The Morgan fingerprint density at radius 3 is 2.41 bits per heavy atom. The van der Waals surface area contributed by atoms with E-state index in [1.54, 1.807) is 11.3 Å². The molecule has 0 saturated carbocycles. The van der Waals surface area contributed by atoms with E-state index in [1.165, 1.54) is 16.0 Å². The molecule has 0 amide bonds. The van der Waals surface area contributed by atoms with Crippen molar-refractivity contribution in [2.24, 2.45) is 0 Å². The molecular weight excluding hydrogens is 228 g/mol. The second kappa shape index (κ2) is 4.98. The Kier molecular flexibility index (Phi) is 3.60. The second-order valence-electron chi connectivity index (χ2n) is 4.32. The maximum Gasteiger partial charge on any atom is 0.0905 e. The summed E-state index contributed by atoms with van der Waals surface area (Å²) in [6.07, 6.45) is 0. The van der Waals surface area contributed by atoms with Gasteiger partial charge in [0.15, 0.2) is 0 Å². The number of nitrogens with one attached hydrogen (secondary N) is 1. The molecule has 1 N–H and O–H groups in total. The first-order chi connectivity index (χ1) is 8.11. The van der Waals surface area contributed by atoms with Crippen molar-refractivity contribution >= 4 is 11.3 Å². The number of aryl methyl sites for hydroxylation is 2. The fourth-order valence-corrected chi connectivity index (χ4v) is 2.80. The predicted molar refractivity (Wildman–Crippen MR) is 74.5 cm³/mol. The van der Waals surface area contributed by atoms with Crippen LogP contribution in [-0.4, -0.2) is 12.0 Å². The van der Waals surface area contributed by atoms with Crippen LogP contribution in [0.5, 0.6) is 0 Å². The van der Waals surface area contributed by atoms with Crippen LogP contribution in [0.1, 0.15) is 28.4 Å². The molecular formula is C14H18N2S. The van der Waals surface area contributed by atoms with E-state index in [-0.39, 0.29) is 0 Å². The molecule has 0 bridgehead atoms. The van der Waals surface area contributed by atoms with E-state index >= 15 is 0 Å².